The molecule has 5 rings (SSSR count). The average Bonchev–Trinajstić information content (AvgIpc) is 2.82. The van der Waals surface area contributed by atoms with E-state index in [1.807, 2.05) is 0 Å². The molecule has 0 N–H and O–H groups in total. The van der Waals surface area contributed by atoms with E-state index in [4.69, 9.17) is 0 Å². The van der Waals surface area contributed by atoms with Crippen molar-refractivity contribution in [3.63, 3.8) is 0 Å². The molecule has 1 heterocycles. The molecule has 1 nitrogen and oxygen atoms in total. The lowest BCUT2D eigenvalue weighted by atomic mass is 9.87. The van der Waals surface area contributed by atoms with Crippen molar-refractivity contribution in [2.75, 3.05) is 11.9 Å². The van der Waals surface area contributed by atoms with E-state index in [-0.39, 0.29) is 0 Å². The summed E-state index contributed by atoms with van der Waals surface area (Å²) in [7, 11) is 2.20. The quantitative estimate of drug-likeness (QED) is 0.346. The van der Waals surface area contributed by atoms with E-state index in [1.165, 1.54) is 50.0 Å². The zero-order chi connectivity index (χ0) is 18.5. The Bertz CT molecular complexity index is 1170. The summed E-state index contributed by atoms with van der Waals surface area (Å²) >= 11 is 0. The Labute approximate surface area is 160 Å². The minimum absolute atomic E-state index is 0.472. The van der Waals surface area contributed by atoms with Gasteiger partial charge in [0.15, 0.2) is 0 Å². The smallest absolute Gasteiger partial charge is 0.0494 e. The number of anilines is 2. The summed E-state index contributed by atoms with van der Waals surface area (Å²) in [6, 6.07) is 28.8. The lowest BCUT2D eigenvalue weighted by Gasteiger charge is -2.24. The average molecular weight is 349 g/mol. The molecule has 0 aromatic heterocycles. The summed E-state index contributed by atoms with van der Waals surface area (Å²) in [6.45, 7) is 4.57. The summed E-state index contributed by atoms with van der Waals surface area (Å²) in [5.74, 6) is 0.472. The van der Waals surface area contributed by atoms with Crippen molar-refractivity contribution >= 4 is 22.1 Å². The van der Waals surface area contributed by atoms with E-state index in [2.05, 4.69) is 105 Å². The van der Waals surface area contributed by atoms with E-state index >= 15 is 0 Å². The normalized spacial score (nSPS) is 12.5. The second kappa shape index (κ2) is 5.99. The van der Waals surface area contributed by atoms with Crippen molar-refractivity contribution in [3.05, 3.63) is 84.4 Å². The van der Waals surface area contributed by atoms with Crippen LogP contribution in [0.5, 0.6) is 0 Å². The molecule has 132 valence electrons. The molecule has 0 fully saturated rings. The molecule has 1 aliphatic rings. The Kier molecular flexibility index (Phi) is 3.58. The molecule has 27 heavy (non-hydrogen) atoms. The Balaban J connectivity index is 1.98. The van der Waals surface area contributed by atoms with Crippen molar-refractivity contribution in [3.8, 4) is 22.3 Å². The molecule has 4 aromatic rings. The maximum Gasteiger partial charge on any atom is 0.0494 e. The topological polar surface area (TPSA) is 3.24 Å². The van der Waals surface area contributed by atoms with Gasteiger partial charge in [0.25, 0.3) is 0 Å². The van der Waals surface area contributed by atoms with Crippen molar-refractivity contribution < 1.29 is 0 Å². The van der Waals surface area contributed by atoms with E-state index in [9.17, 15) is 0 Å². The van der Waals surface area contributed by atoms with Gasteiger partial charge >= 0.3 is 0 Å². The van der Waals surface area contributed by atoms with Gasteiger partial charge in [-0.05, 0) is 45.5 Å². The number of hydrogen-bond donors (Lipinski definition) is 0. The number of nitrogens with zero attached hydrogens (tertiary/aromatic N) is 1. The highest BCUT2D eigenvalue weighted by molar-refractivity contribution is 6.10. The van der Waals surface area contributed by atoms with Gasteiger partial charge in [0, 0.05) is 29.5 Å². The second-order valence-electron chi connectivity index (χ2n) is 7.68. The lowest BCUT2D eigenvalue weighted by molar-refractivity contribution is 0.868. The van der Waals surface area contributed by atoms with Crippen LogP contribution in [0, 0.1) is 0 Å². The number of hydrogen-bond acceptors (Lipinski definition) is 1. The summed E-state index contributed by atoms with van der Waals surface area (Å²) in [6.07, 6.45) is 0. The summed E-state index contributed by atoms with van der Waals surface area (Å²) in [5, 5.41) is 2.60. The van der Waals surface area contributed by atoms with E-state index in [1.54, 1.807) is 0 Å². The molecule has 0 radical (unpaired) electrons. The summed E-state index contributed by atoms with van der Waals surface area (Å²) in [4.78, 5) is 2.36. The molecule has 0 bridgehead atoms. The molecule has 0 saturated carbocycles. The van der Waals surface area contributed by atoms with Crippen LogP contribution in [0.4, 0.5) is 11.4 Å². The van der Waals surface area contributed by atoms with Crippen molar-refractivity contribution in [2.45, 2.75) is 19.8 Å². The number of rotatable bonds is 1. The van der Waals surface area contributed by atoms with Gasteiger partial charge in [0.2, 0.25) is 0 Å². The first-order valence-corrected chi connectivity index (χ1v) is 9.65. The Morgan fingerprint density at radius 3 is 2.07 bits per heavy atom. The number of benzene rings is 4. The van der Waals surface area contributed by atoms with Gasteiger partial charge in [0.1, 0.15) is 0 Å². The van der Waals surface area contributed by atoms with E-state index < -0.39 is 0 Å². The maximum atomic E-state index is 2.36. The van der Waals surface area contributed by atoms with Crippen LogP contribution in [-0.2, 0) is 0 Å². The molecule has 0 amide bonds. The zero-order valence-corrected chi connectivity index (χ0v) is 16.0. The van der Waals surface area contributed by atoms with Crippen LogP contribution in [0.3, 0.4) is 0 Å². The van der Waals surface area contributed by atoms with Crippen LogP contribution in [-0.4, -0.2) is 7.05 Å². The van der Waals surface area contributed by atoms with Crippen LogP contribution < -0.4 is 4.90 Å². The molecular weight excluding hydrogens is 326 g/mol. The molecular formula is C26H23N. The third kappa shape index (κ3) is 2.31. The highest BCUT2D eigenvalue weighted by Crippen LogP contribution is 2.51. The molecule has 1 heteroatoms. The Hall–Kier alpha value is -3.06. The molecule has 0 atom stereocenters. The zero-order valence-electron chi connectivity index (χ0n) is 16.0. The third-order valence-electron chi connectivity index (χ3n) is 5.79. The first kappa shape index (κ1) is 16.1. The lowest BCUT2D eigenvalue weighted by Crippen LogP contribution is -2.11. The van der Waals surface area contributed by atoms with Gasteiger partial charge in [0.05, 0.1) is 0 Å². The Morgan fingerprint density at radius 2 is 1.30 bits per heavy atom. The van der Waals surface area contributed by atoms with E-state index in [0.717, 1.165) is 0 Å². The van der Waals surface area contributed by atoms with Gasteiger partial charge in [-0.1, -0.05) is 80.6 Å². The highest BCUT2D eigenvalue weighted by atomic mass is 15.1. The van der Waals surface area contributed by atoms with E-state index in [0.29, 0.717) is 5.92 Å². The third-order valence-corrected chi connectivity index (χ3v) is 5.79. The van der Waals surface area contributed by atoms with Crippen LogP contribution in [0.15, 0.2) is 78.9 Å². The van der Waals surface area contributed by atoms with Gasteiger partial charge in [-0.2, -0.15) is 0 Å². The monoisotopic (exact) mass is 349 g/mol. The van der Waals surface area contributed by atoms with Crippen LogP contribution >= 0.6 is 0 Å². The minimum Gasteiger partial charge on any atom is -0.344 e. The van der Waals surface area contributed by atoms with Crippen molar-refractivity contribution in [1.29, 1.82) is 0 Å². The molecule has 1 aliphatic heterocycles. The van der Waals surface area contributed by atoms with Gasteiger partial charge in [-0.25, -0.2) is 0 Å². The van der Waals surface area contributed by atoms with Crippen LogP contribution in [0.25, 0.3) is 33.0 Å². The molecule has 0 aliphatic carbocycles. The van der Waals surface area contributed by atoms with Crippen molar-refractivity contribution in [2.24, 2.45) is 0 Å². The van der Waals surface area contributed by atoms with Crippen LogP contribution in [0.2, 0.25) is 0 Å². The van der Waals surface area contributed by atoms with Gasteiger partial charge < -0.3 is 4.90 Å². The largest absolute Gasteiger partial charge is 0.344 e. The Morgan fingerprint density at radius 1 is 0.630 bits per heavy atom. The molecule has 0 unspecified atom stereocenters. The summed E-state index contributed by atoms with van der Waals surface area (Å²) < 4.78 is 0. The van der Waals surface area contributed by atoms with Crippen LogP contribution in [0.1, 0.15) is 25.3 Å². The predicted molar refractivity (Wildman–Crippen MR) is 117 cm³/mol. The standard InChI is InChI=1S/C26H23N/c1-17(2)19-13-8-14-23-25(19)21-11-6-7-12-22(21)26-20-10-5-4-9-18(20)15-16-24(26)27(23)3/h4-17H,1-3H3. The van der Waals surface area contributed by atoms with Gasteiger partial charge in [-0.15, -0.1) is 0 Å². The fourth-order valence-corrected chi connectivity index (χ4v) is 4.48. The SMILES string of the molecule is CC(C)c1cccc2c1-c1ccccc1-c1c(ccc3ccccc13)N2C. The maximum absolute atomic E-state index is 2.36. The summed E-state index contributed by atoms with van der Waals surface area (Å²) in [5.41, 5.74) is 9.30. The van der Waals surface area contributed by atoms with Gasteiger partial charge in [-0.3, -0.25) is 0 Å². The minimum atomic E-state index is 0.472. The van der Waals surface area contributed by atoms with Crippen molar-refractivity contribution in [1.82, 2.24) is 0 Å². The highest BCUT2D eigenvalue weighted by Gasteiger charge is 2.26. The fourth-order valence-electron chi connectivity index (χ4n) is 4.48. The second-order valence-corrected chi connectivity index (χ2v) is 7.68. The number of fused-ring (bicyclic) bond motifs is 7. The first-order valence-electron chi connectivity index (χ1n) is 9.65. The molecule has 4 aromatic carbocycles. The predicted octanol–water partition coefficient (Wildman–Crippen LogP) is 7.38. The first-order chi connectivity index (χ1) is 13.2. The fraction of sp³-hybridized carbons (Fsp3) is 0.154. The molecule has 0 saturated heterocycles. The molecule has 0 spiro atoms.